The van der Waals surface area contributed by atoms with Gasteiger partial charge < -0.3 is 10.1 Å². The van der Waals surface area contributed by atoms with Crippen molar-refractivity contribution < 1.29 is 4.74 Å². The Hall–Kier alpha value is -0.390. The molecule has 2 heterocycles. The van der Waals surface area contributed by atoms with Crippen LogP contribution in [0, 0.1) is 0 Å². The third-order valence-corrected chi connectivity index (χ3v) is 4.81. The Morgan fingerprint density at radius 3 is 2.84 bits per heavy atom. The summed E-state index contributed by atoms with van der Waals surface area (Å²) in [7, 11) is 2.02. The van der Waals surface area contributed by atoms with Gasteiger partial charge in [-0.2, -0.15) is 5.10 Å². The van der Waals surface area contributed by atoms with Crippen molar-refractivity contribution in [3.8, 4) is 0 Å². The molecule has 1 fully saturated rings. The molecule has 0 saturated carbocycles. The zero-order valence-electron chi connectivity index (χ0n) is 12.1. The van der Waals surface area contributed by atoms with E-state index in [1.165, 1.54) is 16.6 Å². The lowest BCUT2D eigenvalue weighted by Gasteiger charge is -2.23. The molecule has 1 N–H and O–H groups in total. The summed E-state index contributed by atoms with van der Waals surface area (Å²) in [5.74, 6) is 0. The van der Waals surface area contributed by atoms with Crippen molar-refractivity contribution in [1.29, 1.82) is 0 Å². The van der Waals surface area contributed by atoms with E-state index < -0.39 is 0 Å². The van der Waals surface area contributed by atoms with E-state index in [4.69, 9.17) is 4.74 Å². The van der Waals surface area contributed by atoms with Crippen LogP contribution in [0.25, 0.3) is 0 Å². The molecule has 1 aliphatic rings. The molecule has 0 aromatic carbocycles. The van der Waals surface area contributed by atoms with Crippen molar-refractivity contribution >= 4 is 15.9 Å². The largest absolute Gasteiger partial charge is 0.377 e. The molecule has 0 spiro atoms. The van der Waals surface area contributed by atoms with E-state index >= 15 is 0 Å². The van der Waals surface area contributed by atoms with E-state index in [1.807, 2.05) is 7.05 Å². The first-order valence-corrected chi connectivity index (χ1v) is 8.03. The Labute approximate surface area is 124 Å². The molecule has 2 unspecified atom stereocenters. The second kappa shape index (κ2) is 6.86. The molecule has 19 heavy (non-hydrogen) atoms. The molecule has 1 aromatic heterocycles. The van der Waals surface area contributed by atoms with Crippen LogP contribution in [0.4, 0.5) is 0 Å². The molecular weight excluding hydrogens is 306 g/mol. The van der Waals surface area contributed by atoms with E-state index in [9.17, 15) is 0 Å². The molecule has 0 amide bonds. The lowest BCUT2D eigenvalue weighted by atomic mass is 10.0. The van der Waals surface area contributed by atoms with E-state index in [1.54, 1.807) is 0 Å². The van der Waals surface area contributed by atoms with Crippen molar-refractivity contribution in [1.82, 2.24) is 15.1 Å². The van der Waals surface area contributed by atoms with Crippen LogP contribution in [-0.4, -0.2) is 35.6 Å². The van der Waals surface area contributed by atoms with Gasteiger partial charge in [0.25, 0.3) is 0 Å². The number of hydrogen-bond donors (Lipinski definition) is 1. The molecule has 0 bridgehead atoms. The summed E-state index contributed by atoms with van der Waals surface area (Å²) in [5.41, 5.74) is 2.44. The minimum Gasteiger partial charge on any atom is -0.377 e. The van der Waals surface area contributed by atoms with Crippen molar-refractivity contribution in [2.75, 3.05) is 13.7 Å². The molecule has 5 heteroatoms. The lowest BCUT2D eigenvalue weighted by Crippen LogP contribution is -2.39. The fourth-order valence-corrected chi connectivity index (χ4v) is 3.49. The Morgan fingerprint density at radius 1 is 1.53 bits per heavy atom. The van der Waals surface area contributed by atoms with Gasteiger partial charge in [0, 0.05) is 25.6 Å². The van der Waals surface area contributed by atoms with Gasteiger partial charge >= 0.3 is 0 Å². The standard InChI is InChI=1S/C14H24BrN3O/c1-4-10-14(15)12(18(5-2)17-10)9-11(16-3)13-7-6-8-19-13/h11,13,16H,4-9H2,1-3H3. The quantitative estimate of drug-likeness (QED) is 0.871. The predicted molar refractivity (Wildman–Crippen MR) is 80.5 cm³/mol. The molecule has 1 aromatic rings. The Kier molecular flexibility index (Phi) is 5.42. The van der Waals surface area contributed by atoms with Crippen LogP contribution in [0.5, 0.6) is 0 Å². The molecule has 1 saturated heterocycles. The third-order valence-electron chi connectivity index (χ3n) is 3.89. The van der Waals surface area contributed by atoms with E-state index in [-0.39, 0.29) is 0 Å². The minimum atomic E-state index is 0.335. The summed E-state index contributed by atoms with van der Waals surface area (Å²) < 4.78 is 9.11. The maximum Gasteiger partial charge on any atom is 0.0766 e. The van der Waals surface area contributed by atoms with Gasteiger partial charge in [-0.25, -0.2) is 0 Å². The topological polar surface area (TPSA) is 39.1 Å². The predicted octanol–water partition coefficient (Wildman–Crippen LogP) is 2.54. The van der Waals surface area contributed by atoms with Gasteiger partial charge in [0.2, 0.25) is 0 Å². The average Bonchev–Trinajstić information content (AvgIpc) is 3.04. The summed E-state index contributed by atoms with van der Waals surface area (Å²) in [6, 6.07) is 0.366. The molecule has 2 atom stereocenters. The second-order valence-corrected chi connectivity index (χ2v) is 5.82. The Bertz CT molecular complexity index is 413. The van der Waals surface area contributed by atoms with Gasteiger partial charge in [0.1, 0.15) is 0 Å². The van der Waals surface area contributed by atoms with Crippen LogP contribution < -0.4 is 5.32 Å². The van der Waals surface area contributed by atoms with Gasteiger partial charge in [0.05, 0.1) is 22.0 Å². The van der Waals surface area contributed by atoms with Gasteiger partial charge in [-0.3, -0.25) is 4.68 Å². The molecule has 1 aliphatic heterocycles. The van der Waals surface area contributed by atoms with E-state index in [0.717, 1.165) is 38.1 Å². The highest BCUT2D eigenvalue weighted by atomic mass is 79.9. The second-order valence-electron chi connectivity index (χ2n) is 5.03. The fourth-order valence-electron chi connectivity index (χ4n) is 2.76. The number of halogens is 1. The van der Waals surface area contributed by atoms with Gasteiger partial charge in [-0.05, 0) is 49.2 Å². The molecule has 0 aliphatic carbocycles. The zero-order valence-corrected chi connectivity index (χ0v) is 13.7. The monoisotopic (exact) mass is 329 g/mol. The Balaban J connectivity index is 2.18. The highest BCUT2D eigenvalue weighted by Gasteiger charge is 2.27. The normalized spacial score (nSPS) is 20.9. The van der Waals surface area contributed by atoms with Crippen molar-refractivity contribution in [3.63, 3.8) is 0 Å². The van der Waals surface area contributed by atoms with Gasteiger partial charge in [-0.1, -0.05) is 6.92 Å². The Morgan fingerprint density at radius 2 is 2.32 bits per heavy atom. The first kappa shape index (κ1) is 15.0. The van der Waals surface area contributed by atoms with Crippen molar-refractivity contribution in [2.45, 2.75) is 58.2 Å². The maximum atomic E-state index is 5.82. The molecular formula is C14H24BrN3O. The summed E-state index contributed by atoms with van der Waals surface area (Å²) in [6.45, 7) is 6.10. The molecule has 4 nitrogen and oxygen atoms in total. The number of hydrogen-bond acceptors (Lipinski definition) is 3. The van der Waals surface area contributed by atoms with E-state index in [2.05, 4.69) is 44.9 Å². The fraction of sp³-hybridized carbons (Fsp3) is 0.786. The molecule has 108 valence electrons. The highest BCUT2D eigenvalue weighted by Crippen LogP contribution is 2.26. The molecule has 0 radical (unpaired) electrons. The lowest BCUT2D eigenvalue weighted by molar-refractivity contribution is 0.0801. The van der Waals surface area contributed by atoms with Crippen LogP contribution in [0.15, 0.2) is 4.47 Å². The number of aryl methyl sites for hydroxylation is 2. The zero-order chi connectivity index (χ0) is 13.8. The average molecular weight is 330 g/mol. The number of aromatic nitrogens is 2. The van der Waals surface area contributed by atoms with Crippen LogP contribution >= 0.6 is 15.9 Å². The van der Waals surface area contributed by atoms with Crippen LogP contribution in [-0.2, 0) is 24.1 Å². The first-order valence-electron chi connectivity index (χ1n) is 7.24. The number of ether oxygens (including phenoxy) is 1. The van der Waals surface area contributed by atoms with Gasteiger partial charge in [0.15, 0.2) is 0 Å². The van der Waals surface area contributed by atoms with E-state index in [0.29, 0.717) is 12.1 Å². The summed E-state index contributed by atoms with van der Waals surface area (Å²) in [5, 5.41) is 8.07. The summed E-state index contributed by atoms with van der Waals surface area (Å²) in [4.78, 5) is 0. The van der Waals surface area contributed by atoms with Crippen molar-refractivity contribution in [3.05, 3.63) is 15.9 Å². The third kappa shape index (κ3) is 3.20. The summed E-state index contributed by atoms with van der Waals surface area (Å²) in [6.07, 6.45) is 4.59. The van der Waals surface area contributed by atoms with Crippen molar-refractivity contribution in [2.24, 2.45) is 0 Å². The van der Waals surface area contributed by atoms with Crippen LogP contribution in [0.2, 0.25) is 0 Å². The number of nitrogens with zero attached hydrogens (tertiary/aromatic N) is 2. The number of nitrogens with one attached hydrogen (secondary N) is 1. The highest BCUT2D eigenvalue weighted by molar-refractivity contribution is 9.10. The minimum absolute atomic E-state index is 0.335. The van der Waals surface area contributed by atoms with Crippen LogP contribution in [0.1, 0.15) is 38.1 Å². The van der Waals surface area contributed by atoms with Gasteiger partial charge in [-0.15, -0.1) is 0 Å². The van der Waals surface area contributed by atoms with Crippen LogP contribution in [0.3, 0.4) is 0 Å². The SMILES string of the molecule is CCc1nn(CC)c(CC(NC)C2CCCO2)c1Br. The first-order chi connectivity index (χ1) is 9.21. The molecule has 2 rings (SSSR count). The summed E-state index contributed by atoms with van der Waals surface area (Å²) >= 11 is 3.72. The smallest absolute Gasteiger partial charge is 0.0766 e. The maximum absolute atomic E-state index is 5.82. The number of likely N-dealkylation sites (N-methyl/N-ethyl adjacent to an activating group) is 1. The number of rotatable bonds is 6.